The van der Waals surface area contributed by atoms with E-state index in [1.807, 2.05) is 0 Å². The average molecular weight is 1040 g/mol. The fraction of sp³-hybridized carbons (Fsp3) is 0.868. The van der Waals surface area contributed by atoms with Crippen LogP contribution in [0.25, 0.3) is 0 Å². The molecule has 1 unspecified atom stereocenters. The smallest absolute Gasteiger partial charge is 0.306 e. The Morgan fingerprint density at radius 3 is 0.757 bits per heavy atom. The summed E-state index contributed by atoms with van der Waals surface area (Å²) in [5, 5.41) is 0. The Bertz CT molecular complexity index is 1240. The van der Waals surface area contributed by atoms with Crippen molar-refractivity contribution in [3.63, 3.8) is 0 Å². The number of allylic oxidation sites excluding steroid dienone is 6. The molecule has 0 radical (unpaired) electrons. The molecule has 0 aliphatic rings. The second kappa shape index (κ2) is 63.2. The fourth-order valence-corrected chi connectivity index (χ4v) is 9.92. The van der Waals surface area contributed by atoms with Crippen LogP contribution in [0.4, 0.5) is 0 Å². The maximum atomic E-state index is 12.9. The minimum Gasteiger partial charge on any atom is -0.462 e. The van der Waals surface area contributed by atoms with Gasteiger partial charge in [-0.1, -0.05) is 320 Å². The number of carbonyl (C=O) groups excluding carboxylic acids is 3. The van der Waals surface area contributed by atoms with Crippen LogP contribution in [-0.2, 0) is 28.6 Å². The zero-order valence-electron chi connectivity index (χ0n) is 49.9. The van der Waals surface area contributed by atoms with Crippen molar-refractivity contribution in [3.05, 3.63) is 36.5 Å². The minimum absolute atomic E-state index is 0.0687. The van der Waals surface area contributed by atoms with E-state index in [2.05, 4.69) is 57.2 Å². The quantitative estimate of drug-likeness (QED) is 0.0261. The number of ether oxygens (including phenoxy) is 3. The molecule has 0 aromatic heterocycles. The Morgan fingerprint density at radius 1 is 0.270 bits per heavy atom. The van der Waals surface area contributed by atoms with Gasteiger partial charge in [-0.15, -0.1) is 0 Å². The third-order valence-electron chi connectivity index (χ3n) is 14.9. The lowest BCUT2D eigenvalue weighted by molar-refractivity contribution is -0.167. The highest BCUT2D eigenvalue weighted by Gasteiger charge is 2.19. The van der Waals surface area contributed by atoms with Gasteiger partial charge in [0.25, 0.3) is 0 Å². The summed E-state index contributed by atoms with van der Waals surface area (Å²) in [4.78, 5) is 38.3. The molecule has 0 aliphatic heterocycles. The summed E-state index contributed by atoms with van der Waals surface area (Å²) >= 11 is 0. The summed E-state index contributed by atoms with van der Waals surface area (Å²) < 4.78 is 17.0. The number of esters is 3. The zero-order valence-corrected chi connectivity index (χ0v) is 49.9. The zero-order chi connectivity index (χ0) is 53.6. The predicted octanol–water partition coefficient (Wildman–Crippen LogP) is 22.4. The standard InChI is InChI=1S/C68H126O6/c1-4-7-10-13-16-19-22-25-28-30-32-33-34-35-37-38-40-43-46-49-52-55-58-61-67(70)73-64-65(63-72-66(69)60-57-54-51-48-45-42-27-24-21-18-15-12-9-6-3)74-68(71)62-59-56-53-50-47-44-41-39-36-31-29-26-23-20-17-14-11-8-5-2/h22,25,30,32,34-35,65H,4-21,23-24,26-29,31,33,36-64H2,1-3H3/b25-22-,32-30-,35-34-. The van der Waals surface area contributed by atoms with Crippen LogP contribution in [0.2, 0.25) is 0 Å². The van der Waals surface area contributed by atoms with E-state index in [9.17, 15) is 14.4 Å². The highest BCUT2D eigenvalue weighted by Crippen LogP contribution is 2.18. The van der Waals surface area contributed by atoms with Crippen molar-refractivity contribution in [2.75, 3.05) is 13.2 Å². The Kier molecular flexibility index (Phi) is 61.1. The monoisotopic (exact) mass is 1040 g/mol. The molecule has 6 heteroatoms. The molecule has 0 fully saturated rings. The van der Waals surface area contributed by atoms with Gasteiger partial charge in [0, 0.05) is 19.3 Å². The van der Waals surface area contributed by atoms with Gasteiger partial charge in [0.2, 0.25) is 0 Å². The maximum absolute atomic E-state index is 12.9. The van der Waals surface area contributed by atoms with E-state index in [0.717, 1.165) is 77.0 Å². The Morgan fingerprint density at radius 2 is 0.486 bits per heavy atom. The van der Waals surface area contributed by atoms with Gasteiger partial charge in [-0.2, -0.15) is 0 Å². The highest BCUT2D eigenvalue weighted by atomic mass is 16.6. The maximum Gasteiger partial charge on any atom is 0.306 e. The van der Waals surface area contributed by atoms with Crippen molar-refractivity contribution >= 4 is 17.9 Å². The molecule has 0 heterocycles. The van der Waals surface area contributed by atoms with E-state index in [-0.39, 0.29) is 31.1 Å². The third kappa shape index (κ3) is 60.5. The van der Waals surface area contributed by atoms with Gasteiger partial charge in [0.15, 0.2) is 6.10 Å². The summed E-state index contributed by atoms with van der Waals surface area (Å²) in [6.07, 6.45) is 77.2. The first-order valence-electron chi connectivity index (χ1n) is 33.0. The van der Waals surface area contributed by atoms with Gasteiger partial charge >= 0.3 is 17.9 Å². The molecule has 0 aromatic carbocycles. The van der Waals surface area contributed by atoms with Crippen LogP contribution in [0.5, 0.6) is 0 Å². The van der Waals surface area contributed by atoms with Gasteiger partial charge in [-0.25, -0.2) is 0 Å². The molecule has 0 N–H and O–H groups in total. The van der Waals surface area contributed by atoms with Crippen LogP contribution < -0.4 is 0 Å². The summed E-state index contributed by atoms with van der Waals surface area (Å²) in [6.45, 7) is 6.69. The number of hydrogen-bond donors (Lipinski definition) is 0. The predicted molar refractivity (Wildman–Crippen MR) is 321 cm³/mol. The summed E-state index contributed by atoms with van der Waals surface area (Å²) in [5.41, 5.74) is 0. The van der Waals surface area contributed by atoms with E-state index in [4.69, 9.17) is 14.2 Å². The molecular weight excluding hydrogens is 913 g/mol. The molecule has 1 atom stereocenters. The Hall–Kier alpha value is -2.37. The first kappa shape index (κ1) is 71.6. The molecule has 434 valence electrons. The molecular formula is C68H126O6. The van der Waals surface area contributed by atoms with Crippen molar-refractivity contribution < 1.29 is 28.6 Å². The second-order valence-electron chi connectivity index (χ2n) is 22.4. The minimum atomic E-state index is -0.772. The SMILES string of the molecule is CCCCCCC/C=C\C/C=C\C/C=C\CCCCCCCCCCC(=O)OCC(COC(=O)CCCCCCCCCCCCCCCC)OC(=O)CCCCCCCCCCCCCCCCCCCCC. The fourth-order valence-electron chi connectivity index (χ4n) is 9.92. The molecule has 74 heavy (non-hydrogen) atoms. The normalized spacial score (nSPS) is 12.2. The summed E-state index contributed by atoms with van der Waals surface area (Å²) in [6, 6.07) is 0. The van der Waals surface area contributed by atoms with Gasteiger partial charge in [-0.05, 0) is 57.8 Å². The van der Waals surface area contributed by atoms with Gasteiger partial charge in [-0.3, -0.25) is 14.4 Å². The average Bonchev–Trinajstić information content (AvgIpc) is 3.40. The van der Waals surface area contributed by atoms with Gasteiger partial charge in [0.1, 0.15) is 13.2 Å². The Labute approximate surface area is 461 Å². The number of carbonyl (C=O) groups is 3. The van der Waals surface area contributed by atoms with Gasteiger partial charge < -0.3 is 14.2 Å². The van der Waals surface area contributed by atoms with Crippen molar-refractivity contribution in [1.82, 2.24) is 0 Å². The van der Waals surface area contributed by atoms with Crippen LogP contribution in [0.3, 0.4) is 0 Å². The molecule has 0 saturated heterocycles. The second-order valence-corrected chi connectivity index (χ2v) is 22.4. The van der Waals surface area contributed by atoms with Crippen LogP contribution in [0.1, 0.15) is 361 Å². The van der Waals surface area contributed by atoms with Crippen molar-refractivity contribution in [1.29, 1.82) is 0 Å². The van der Waals surface area contributed by atoms with Crippen molar-refractivity contribution in [2.45, 2.75) is 367 Å². The van der Waals surface area contributed by atoms with Crippen molar-refractivity contribution in [2.24, 2.45) is 0 Å². The molecule has 0 aromatic rings. The lowest BCUT2D eigenvalue weighted by Crippen LogP contribution is -2.30. The molecule has 0 saturated carbocycles. The first-order chi connectivity index (χ1) is 36.5. The van der Waals surface area contributed by atoms with E-state index < -0.39 is 6.10 Å². The summed E-state index contributed by atoms with van der Waals surface area (Å²) in [5.74, 6) is -0.849. The third-order valence-corrected chi connectivity index (χ3v) is 14.9. The molecule has 0 amide bonds. The Balaban J connectivity index is 4.30. The molecule has 0 bridgehead atoms. The van der Waals surface area contributed by atoms with E-state index in [1.54, 1.807) is 0 Å². The van der Waals surface area contributed by atoms with Crippen LogP contribution in [0, 0.1) is 0 Å². The topological polar surface area (TPSA) is 78.9 Å². The van der Waals surface area contributed by atoms with Crippen LogP contribution >= 0.6 is 0 Å². The van der Waals surface area contributed by atoms with Crippen LogP contribution in [0.15, 0.2) is 36.5 Å². The van der Waals surface area contributed by atoms with E-state index >= 15 is 0 Å². The molecule has 0 rings (SSSR count). The summed E-state index contributed by atoms with van der Waals surface area (Å²) in [7, 11) is 0. The number of unbranched alkanes of at least 4 members (excludes halogenated alkanes) is 44. The molecule has 6 nitrogen and oxygen atoms in total. The lowest BCUT2D eigenvalue weighted by atomic mass is 10.0. The van der Waals surface area contributed by atoms with Crippen LogP contribution in [-0.4, -0.2) is 37.2 Å². The number of rotatable bonds is 61. The van der Waals surface area contributed by atoms with Crippen molar-refractivity contribution in [3.8, 4) is 0 Å². The highest BCUT2D eigenvalue weighted by molar-refractivity contribution is 5.71. The number of hydrogen-bond acceptors (Lipinski definition) is 6. The molecule has 0 aliphatic carbocycles. The van der Waals surface area contributed by atoms with Gasteiger partial charge in [0.05, 0.1) is 0 Å². The lowest BCUT2D eigenvalue weighted by Gasteiger charge is -2.18. The largest absolute Gasteiger partial charge is 0.462 e. The molecule has 0 spiro atoms. The van der Waals surface area contributed by atoms with E-state index in [1.165, 1.54) is 244 Å². The first-order valence-corrected chi connectivity index (χ1v) is 33.0. The van der Waals surface area contributed by atoms with E-state index in [0.29, 0.717) is 19.3 Å².